The molecule has 0 saturated heterocycles. The first-order valence-electron chi connectivity index (χ1n) is 7.91. The van der Waals surface area contributed by atoms with Gasteiger partial charge >= 0.3 is 5.97 Å². The first-order chi connectivity index (χ1) is 12.3. The molecule has 9 heteroatoms. The van der Waals surface area contributed by atoms with Crippen molar-refractivity contribution in [2.24, 2.45) is 16.3 Å². The molecule has 0 spiro atoms. The molecule has 1 saturated carbocycles. The molecule has 1 N–H and O–H groups in total. The van der Waals surface area contributed by atoms with Gasteiger partial charge in [0.1, 0.15) is 0 Å². The Balaban J connectivity index is 2.31. The van der Waals surface area contributed by atoms with Crippen LogP contribution >= 0.6 is 0 Å². The highest BCUT2D eigenvalue weighted by atomic mass is 19.2. The molecule has 0 aromatic heterocycles. The van der Waals surface area contributed by atoms with E-state index in [-0.39, 0.29) is 25.8 Å². The molecular weight excluding hydrogens is 358 g/mol. The van der Waals surface area contributed by atoms with Crippen molar-refractivity contribution in [1.82, 2.24) is 0 Å². The third kappa shape index (κ3) is 4.09. The van der Waals surface area contributed by atoms with Crippen molar-refractivity contribution in [3.63, 3.8) is 0 Å². The first kappa shape index (κ1) is 20.0. The lowest BCUT2D eigenvalue weighted by Crippen LogP contribution is -2.29. The van der Waals surface area contributed by atoms with Crippen LogP contribution in [0.2, 0.25) is 0 Å². The Labute approximate surface area is 146 Å². The van der Waals surface area contributed by atoms with Crippen LogP contribution in [0, 0.1) is 34.6 Å². The number of nitrogens with zero attached hydrogens (tertiary/aromatic N) is 1. The summed E-state index contributed by atoms with van der Waals surface area (Å²) < 4.78 is 58.3. The van der Waals surface area contributed by atoms with Crippen molar-refractivity contribution in [3.05, 3.63) is 34.9 Å². The number of carbonyl (C=O) groups is 2. The zero-order valence-corrected chi connectivity index (χ0v) is 13.9. The van der Waals surface area contributed by atoms with Crippen LogP contribution in [0.4, 0.5) is 17.6 Å². The maximum Gasteiger partial charge on any atom is 0.322 e. The molecule has 1 aromatic carbocycles. The highest BCUT2D eigenvalue weighted by Gasteiger charge is 2.42. The summed E-state index contributed by atoms with van der Waals surface area (Å²) in [7, 11) is 0. The van der Waals surface area contributed by atoms with Gasteiger partial charge in [-0.15, -0.1) is 0 Å². The lowest BCUT2D eigenvalue weighted by atomic mass is 9.97. The Morgan fingerprint density at radius 2 is 1.92 bits per heavy atom. The molecule has 0 aliphatic heterocycles. The number of aliphatic hydroxyl groups is 1. The summed E-state index contributed by atoms with van der Waals surface area (Å²) in [6.07, 6.45) is 2.35. The van der Waals surface area contributed by atoms with Gasteiger partial charge in [0.05, 0.1) is 18.8 Å². The first-order valence-corrected chi connectivity index (χ1v) is 7.91. The monoisotopic (exact) mass is 375 g/mol. The Bertz CT molecular complexity index is 747. The average Bonchev–Trinajstić information content (AvgIpc) is 3.40. The second-order valence-electron chi connectivity index (χ2n) is 6.09. The minimum absolute atomic E-state index is 0.0916. The Hall–Kier alpha value is -2.29. The molecule has 1 unspecified atom stereocenters. The maximum atomic E-state index is 13.8. The highest BCUT2D eigenvalue weighted by molar-refractivity contribution is 6.18. The largest absolute Gasteiger partial charge is 0.465 e. The van der Waals surface area contributed by atoms with Crippen LogP contribution in [0.3, 0.4) is 0 Å². The van der Waals surface area contributed by atoms with Crippen LogP contribution in [0.5, 0.6) is 0 Å². The number of rotatable bonds is 8. The summed E-state index contributed by atoms with van der Waals surface area (Å²) in [6.45, 7) is 1.39. The van der Waals surface area contributed by atoms with E-state index < -0.39 is 51.9 Å². The molecule has 1 aliphatic rings. The van der Waals surface area contributed by atoms with Gasteiger partial charge in [0, 0.05) is 18.2 Å². The van der Waals surface area contributed by atoms with E-state index in [2.05, 4.69) is 4.99 Å². The van der Waals surface area contributed by atoms with Crippen molar-refractivity contribution in [2.45, 2.75) is 19.8 Å². The van der Waals surface area contributed by atoms with Gasteiger partial charge in [-0.25, -0.2) is 17.6 Å². The SMILES string of the molecule is CCOC(=O)C(C=NCC1(CO)CC1)C(=O)c1cc(F)c(F)c(F)c1F. The second kappa shape index (κ2) is 7.94. The Morgan fingerprint density at radius 3 is 2.46 bits per heavy atom. The van der Waals surface area contributed by atoms with Crippen molar-refractivity contribution in [1.29, 1.82) is 0 Å². The summed E-state index contributed by atoms with van der Waals surface area (Å²) in [5.74, 6) is -12.0. The van der Waals surface area contributed by atoms with Crippen molar-refractivity contribution >= 4 is 18.0 Å². The number of Topliss-reactive ketones (excluding diaryl/α,β-unsaturated/α-hetero) is 1. The fourth-order valence-electron chi connectivity index (χ4n) is 2.28. The molecule has 142 valence electrons. The van der Waals surface area contributed by atoms with Crippen LogP contribution in [-0.4, -0.2) is 42.8 Å². The summed E-state index contributed by atoms with van der Waals surface area (Å²) >= 11 is 0. The number of hydrogen-bond donors (Lipinski definition) is 1. The fourth-order valence-corrected chi connectivity index (χ4v) is 2.28. The molecule has 26 heavy (non-hydrogen) atoms. The predicted octanol–water partition coefficient (Wildman–Crippen LogP) is 2.45. The molecular formula is C17H17F4NO4. The van der Waals surface area contributed by atoms with Crippen molar-refractivity contribution in [2.75, 3.05) is 19.8 Å². The molecule has 0 heterocycles. The van der Waals surface area contributed by atoms with E-state index in [1.807, 2.05) is 0 Å². The van der Waals surface area contributed by atoms with Gasteiger partial charge in [-0.2, -0.15) is 0 Å². The smallest absolute Gasteiger partial charge is 0.322 e. The topological polar surface area (TPSA) is 76.0 Å². The van der Waals surface area contributed by atoms with E-state index in [1.54, 1.807) is 0 Å². The maximum absolute atomic E-state index is 13.8. The van der Waals surface area contributed by atoms with Gasteiger partial charge in [0.25, 0.3) is 0 Å². The third-order valence-corrected chi connectivity index (χ3v) is 4.16. The van der Waals surface area contributed by atoms with E-state index in [4.69, 9.17) is 4.74 Å². The quantitative estimate of drug-likeness (QED) is 0.144. The predicted molar refractivity (Wildman–Crippen MR) is 82.8 cm³/mol. The molecule has 0 amide bonds. The zero-order chi connectivity index (χ0) is 19.5. The number of esters is 1. The number of ether oxygens (including phenoxy) is 1. The number of hydrogen-bond acceptors (Lipinski definition) is 5. The standard InChI is InChI=1S/C17H17F4NO4/c1-2-26-16(25)10(6-22-7-17(8-23)3-4-17)15(24)9-5-11(18)13(20)14(21)12(9)19/h5-6,10,23H,2-4,7-8H2,1H3. The van der Waals surface area contributed by atoms with Crippen LogP contribution in [0.25, 0.3) is 0 Å². The van der Waals surface area contributed by atoms with Gasteiger partial charge in [0.15, 0.2) is 35.0 Å². The minimum atomic E-state index is -2.15. The number of benzene rings is 1. The number of aliphatic imine (C=N–C) groups is 1. The van der Waals surface area contributed by atoms with E-state index >= 15 is 0 Å². The second-order valence-corrected chi connectivity index (χ2v) is 6.09. The third-order valence-electron chi connectivity index (χ3n) is 4.16. The van der Waals surface area contributed by atoms with Crippen LogP contribution < -0.4 is 0 Å². The molecule has 0 bridgehead atoms. The lowest BCUT2D eigenvalue weighted by molar-refractivity contribution is -0.143. The zero-order valence-electron chi connectivity index (χ0n) is 13.9. The van der Waals surface area contributed by atoms with Crippen LogP contribution in [0.1, 0.15) is 30.1 Å². The molecule has 2 rings (SSSR count). The van der Waals surface area contributed by atoms with E-state index in [0.29, 0.717) is 0 Å². The Morgan fingerprint density at radius 1 is 1.27 bits per heavy atom. The Kier molecular flexibility index (Phi) is 6.12. The number of ketones is 1. The number of halogens is 4. The summed E-state index contributed by atoms with van der Waals surface area (Å²) in [5.41, 5.74) is -1.52. The molecule has 1 fully saturated rings. The van der Waals surface area contributed by atoms with E-state index in [0.717, 1.165) is 19.1 Å². The van der Waals surface area contributed by atoms with Gasteiger partial charge in [-0.3, -0.25) is 14.6 Å². The van der Waals surface area contributed by atoms with Crippen molar-refractivity contribution < 1.29 is 37.0 Å². The van der Waals surface area contributed by atoms with Gasteiger partial charge in [-0.05, 0) is 25.8 Å². The van der Waals surface area contributed by atoms with Gasteiger partial charge in [0.2, 0.25) is 0 Å². The highest BCUT2D eigenvalue weighted by Crippen LogP contribution is 2.45. The molecule has 1 aromatic rings. The molecule has 0 radical (unpaired) electrons. The summed E-state index contributed by atoms with van der Waals surface area (Å²) in [4.78, 5) is 28.3. The lowest BCUT2D eigenvalue weighted by Gasteiger charge is -2.13. The summed E-state index contributed by atoms with van der Waals surface area (Å²) in [5, 5.41) is 9.22. The number of aliphatic hydroxyl groups excluding tert-OH is 1. The van der Waals surface area contributed by atoms with E-state index in [9.17, 15) is 32.3 Å². The normalized spacial score (nSPS) is 16.5. The van der Waals surface area contributed by atoms with Crippen LogP contribution in [0.15, 0.2) is 11.1 Å². The van der Waals surface area contributed by atoms with Gasteiger partial charge < -0.3 is 9.84 Å². The fraction of sp³-hybridized carbons (Fsp3) is 0.471. The molecule has 5 nitrogen and oxygen atoms in total. The van der Waals surface area contributed by atoms with Crippen LogP contribution in [-0.2, 0) is 9.53 Å². The summed E-state index contributed by atoms with van der Waals surface area (Å²) in [6, 6.07) is 0.187. The van der Waals surface area contributed by atoms with Gasteiger partial charge in [-0.1, -0.05) is 0 Å². The minimum Gasteiger partial charge on any atom is -0.465 e. The van der Waals surface area contributed by atoms with Crippen molar-refractivity contribution in [3.8, 4) is 0 Å². The molecule has 1 atom stereocenters. The molecule has 1 aliphatic carbocycles. The van der Waals surface area contributed by atoms with E-state index in [1.165, 1.54) is 6.92 Å². The number of carbonyl (C=O) groups excluding carboxylic acids is 2. The average molecular weight is 375 g/mol.